The monoisotopic (exact) mass is 457 g/mol. The fraction of sp³-hybridized carbons (Fsp3) is 0.846. The molecule has 0 bridgehead atoms. The molecule has 7 heteroatoms. The minimum atomic E-state index is -1.12. The predicted molar refractivity (Wildman–Crippen MR) is 122 cm³/mol. The van der Waals surface area contributed by atoms with Gasteiger partial charge in [-0.05, 0) is 98.7 Å². The second-order valence-electron chi connectivity index (χ2n) is 12.8. The van der Waals surface area contributed by atoms with E-state index in [1.54, 1.807) is 0 Å². The molecular formula is C26H39N3O4. The molecule has 182 valence electrons. The molecule has 0 saturated heterocycles. The van der Waals surface area contributed by atoms with E-state index >= 15 is 0 Å². The van der Waals surface area contributed by atoms with Crippen LogP contribution in [-0.2, 0) is 11.3 Å². The van der Waals surface area contributed by atoms with Gasteiger partial charge in [0.05, 0.1) is 11.8 Å². The molecule has 0 aromatic carbocycles. The average Bonchev–Trinajstić information content (AvgIpc) is 3.33. The fourth-order valence-corrected chi connectivity index (χ4v) is 9.36. The van der Waals surface area contributed by atoms with Gasteiger partial charge in [-0.15, -0.1) is 5.10 Å². The number of fused-ring (bicyclic) bond motifs is 5. The summed E-state index contributed by atoms with van der Waals surface area (Å²) >= 11 is 0. The zero-order valence-electron chi connectivity index (χ0n) is 20.5. The van der Waals surface area contributed by atoms with Crippen molar-refractivity contribution in [3.8, 4) is 0 Å². The van der Waals surface area contributed by atoms with Crippen LogP contribution in [0, 0.1) is 39.9 Å². The van der Waals surface area contributed by atoms with Crippen molar-refractivity contribution in [3.63, 3.8) is 0 Å². The first-order valence-electron chi connectivity index (χ1n) is 12.8. The molecule has 0 radical (unpaired) electrons. The van der Waals surface area contributed by atoms with E-state index < -0.39 is 11.6 Å². The second-order valence-corrected chi connectivity index (χ2v) is 12.8. The van der Waals surface area contributed by atoms with Gasteiger partial charge in [0, 0.05) is 5.92 Å². The van der Waals surface area contributed by atoms with Gasteiger partial charge in [0.15, 0.2) is 11.5 Å². The number of rotatable bonds is 4. The molecule has 0 amide bonds. The van der Waals surface area contributed by atoms with Gasteiger partial charge in [-0.25, -0.2) is 4.79 Å². The molecule has 0 unspecified atom stereocenters. The average molecular weight is 458 g/mol. The van der Waals surface area contributed by atoms with E-state index in [1.807, 2.05) is 6.92 Å². The number of carboxylic acid groups (broad SMARTS) is 1. The fourth-order valence-electron chi connectivity index (χ4n) is 9.36. The summed E-state index contributed by atoms with van der Waals surface area (Å²) in [7, 11) is 0. The summed E-state index contributed by atoms with van der Waals surface area (Å²) in [5, 5.41) is 27.8. The van der Waals surface area contributed by atoms with Crippen LogP contribution >= 0.6 is 0 Å². The number of aromatic carboxylic acids is 1. The number of hydrogen-bond donors (Lipinski definition) is 2. The molecule has 0 aliphatic heterocycles. The molecule has 33 heavy (non-hydrogen) atoms. The topological polar surface area (TPSA) is 105 Å². The van der Waals surface area contributed by atoms with Gasteiger partial charge < -0.3 is 10.2 Å². The zero-order valence-corrected chi connectivity index (χ0v) is 20.5. The number of carbonyl (C=O) groups is 2. The maximum Gasteiger partial charge on any atom is 0.358 e. The number of carbonyl (C=O) groups excluding carboxylic acids is 1. The highest BCUT2D eigenvalue weighted by atomic mass is 16.4. The number of carboxylic acids is 1. The van der Waals surface area contributed by atoms with Crippen molar-refractivity contribution in [2.75, 3.05) is 0 Å². The first-order chi connectivity index (χ1) is 15.4. The highest BCUT2D eigenvalue weighted by Crippen LogP contribution is 2.72. The molecule has 0 spiro atoms. The molecule has 1 aromatic rings. The predicted octanol–water partition coefficient (Wildman–Crippen LogP) is 4.35. The largest absolute Gasteiger partial charge is 0.476 e. The quantitative estimate of drug-likeness (QED) is 0.697. The summed E-state index contributed by atoms with van der Waals surface area (Å²) in [6.07, 6.45) is 10.7. The molecule has 4 aliphatic carbocycles. The summed E-state index contributed by atoms with van der Waals surface area (Å²) in [5.41, 5.74) is -0.147. The molecule has 4 aliphatic rings. The highest BCUT2D eigenvalue weighted by Gasteiger charge is 2.66. The SMILES string of the molecule is C[C@@]1(O)CC[C@@]2(C)[C@H](CC[C@]3(C)[C@@H]2CC[C@@]2(C)[C@H]3CC[C@@H]2C(=O)Cn2ncc(C(=O)O)n2)C1. The normalized spacial score (nSPS) is 46.8. The van der Waals surface area contributed by atoms with E-state index in [-0.39, 0.29) is 40.2 Å². The Balaban J connectivity index is 1.37. The lowest BCUT2D eigenvalue weighted by Gasteiger charge is -2.66. The van der Waals surface area contributed by atoms with Gasteiger partial charge in [0.1, 0.15) is 6.54 Å². The maximum absolute atomic E-state index is 13.4. The lowest BCUT2D eigenvalue weighted by molar-refractivity contribution is -0.186. The minimum absolute atomic E-state index is 0.0165. The Bertz CT molecular complexity index is 972. The Morgan fingerprint density at radius 1 is 0.970 bits per heavy atom. The lowest BCUT2D eigenvalue weighted by atomic mass is 9.39. The number of aliphatic hydroxyl groups is 1. The molecule has 1 heterocycles. The van der Waals surface area contributed by atoms with Gasteiger partial charge in [-0.2, -0.15) is 9.90 Å². The highest BCUT2D eigenvalue weighted by molar-refractivity contribution is 5.85. The number of hydrogen-bond acceptors (Lipinski definition) is 5. The number of ketones is 1. The third kappa shape index (κ3) is 3.40. The van der Waals surface area contributed by atoms with Crippen molar-refractivity contribution < 1.29 is 19.8 Å². The number of aromatic nitrogens is 3. The van der Waals surface area contributed by atoms with Gasteiger partial charge in [-0.3, -0.25) is 4.79 Å². The van der Waals surface area contributed by atoms with Gasteiger partial charge in [-0.1, -0.05) is 20.8 Å². The summed E-state index contributed by atoms with van der Waals surface area (Å²) in [6.45, 7) is 9.41. The molecule has 8 atom stereocenters. The maximum atomic E-state index is 13.4. The summed E-state index contributed by atoms with van der Waals surface area (Å²) in [4.78, 5) is 25.8. The third-order valence-corrected chi connectivity index (χ3v) is 11.0. The van der Waals surface area contributed by atoms with E-state index in [9.17, 15) is 14.7 Å². The van der Waals surface area contributed by atoms with E-state index in [2.05, 4.69) is 31.0 Å². The van der Waals surface area contributed by atoms with Crippen LogP contribution in [0.4, 0.5) is 0 Å². The van der Waals surface area contributed by atoms with Crippen LogP contribution in [-0.4, -0.2) is 42.6 Å². The smallest absolute Gasteiger partial charge is 0.358 e. The van der Waals surface area contributed by atoms with Crippen molar-refractivity contribution in [2.45, 2.75) is 97.6 Å². The van der Waals surface area contributed by atoms with E-state index in [0.29, 0.717) is 17.8 Å². The summed E-state index contributed by atoms with van der Waals surface area (Å²) < 4.78 is 0. The van der Waals surface area contributed by atoms with Crippen molar-refractivity contribution in [2.24, 2.45) is 39.9 Å². The van der Waals surface area contributed by atoms with Crippen molar-refractivity contribution >= 4 is 11.8 Å². The summed E-state index contributed by atoms with van der Waals surface area (Å²) in [5.74, 6) is 0.772. The number of Topliss-reactive ketones (excluding diaryl/α,β-unsaturated/α-hetero) is 1. The standard InChI is InChI=1S/C26H39N3O4/c1-23(33)11-12-24(2)16(13-23)7-9-26(4)20-6-5-17(25(20,3)10-8-21(24)26)19(30)15-29-27-14-18(28-29)22(31)32/h14,16-17,20-21,33H,5-13,15H2,1-4H3,(H,31,32)/t16-,17-,20-,21-,23-,24+,25-,26+/m1/s1. The first-order valence-corrected chi connectivity index (χ1v) is 12.8. The van der Waals surface area contributed by atoms with Crippen molar-refractivity contribution in [1.29, 1.82) is 0 Å². The second kappa shape index (κ2) is 7.37. The molecule has 7 nitrogen and oxygen atoms in total. The first kappa shape index (κ1) is 23.0. The Hall–Kier alpha value is -1.76. The number of nitrogens with zero attached hydrogens (tertiary/aromatic N) is 3. The minimum Gasteiger partial charge on any atom is -0.476 e. The van der Waals surface area contributed by atoms with Gasteiger partial charge >= 0.3 is 5.97 Å². The molecule has 5 rings (SSSR count). The Morgan fingerprint density at radius 3 is 2.36 bits per heavy atom. The van der Waals surface area contributed by atoms with Crippen LogP contribution < -0.4 is 0 Å². The molecule has 1 aromatic heterocycles. The van der Waals surface area contributed by atoms with Crippen molar-refractivity contribution in [3.05, 3.63) is 11.9 Å². The third-order valence-electron chi connectivity index (χ3n) is 11.0. The zero-order chi connectivity index (χ0) is 23.8. The molecule has 4 fully saturated rings. The van der Waals surface area contributed by atoms with Gasteiger partial charge in [0.2, 0.25) is 0 Å². The van der Waals surface area contributed by atoms with Crippen LogP contribution in [0.5, 0.6) is 0 Å². The van der Waals surface area contributed by atoms with Crippen LogP contribution in [0.25, 0.3) is 0 Å². The molecule has 4 saturated carbocycles. The molecule has 2 N–H and O–H groups in total. The van der Waals surface area contributed by atoms with Crippen LogP contribution in [0.1, 0.15) is 96.0 Å². The summed E-state index contributed by atoms with van der Waals surface area (Å²) in [6, 6.07) is 0. The van der Waals surface area contributed by atoms with E-state index in [1.165, 1.54) is 23.8 Å². The lowest BCUT2D eigenvalue weighted by Crippen LogP contribution is -2.60. The van der Waals surface area contributed by atoms with Crippen LogP contribution in [0.3, 0.4) is 0 Å². The molecular weight excluding hydrogens is 418 g/mol. The van der Waals surface area contributed by atoms with Crippen LogP contribution in [0.2, 0.25) is 0 Å². The Kier molecular flexibility index (Phi) is 5.14. The van der Waals surface area contributed by atoms with Crippen LogP contribution in [0.15, 0.2) is 6.20 Å². The van der Waals surface area contributed by atoms with E-state index in [0.717, 1.165) is 44.9 Å². The van der Waals surface area contributed by atoms with Gasteiger partial charge in [0.25, 0.3) is 0 Å². The Labute approximate surface area is 196 Å². The van der Waals surface area contributed by atoms with Crippen molar-refractivity contribution in [1.82, 2.24) is 15.0 Å². The Morgan fingerprint density at radius 2 is 1.67 bits per heavy atom. The van der Waals surface area contributed by atoms with E-state index in [4.69, 9.17) is 5.11 Å².